The molecule has 3 N–H and O–H groups in total. The largest absolute Gasteiger partial charge is 0.383 e. The molecule has 1 aliphatic rings. The first-order valence-electron chi connectivity index (χ1n) is 9.01. The molecule has 1 fully saturated rings. The zero-order valence-electron chi connectivity index (χ0n) is 15.2. The van der Waals surface area contributed by atoms with Gasteiger partial charge in [-0.05, 0) is 45.2 Å². The molecule has 1 aromatic rings. The molecule has 136 valence electrons. The smallest absolute Gasteiger partial charge is 0.191 e. The monoisotopic (exact) mass is 352 g/mol. The van der Waals surface area contributed by atoms with Gasteiger partial charge in [-0.15, -0.1) is 11.3 Å². The number of likely N-dealkylation sites (N-methyl/N-ethyl adjacent to an activating group) is 1. The highest BCUT2D eigenvalue weighted by Crippen LogP contribution is 2.25. The molecule has 0 aromatic carbocycles. The highest BCUT2D eigenvalue weighted by Gasteiger charge is 2.24. The maximum Gasteiger partial charge on any atom is 0.191 e. The second kappa shape index (κ2) is 9.39. The van der Waals surface area contributed by atoms with E-state index in [0.717, 1.165) is 36.5 Å². The highest BCUT2D eigenvalue weighted by atomic mass is 32.1. The number of aliphatic hydroxyl groups is 1. The minimum Gasteiger partial charge on any atom is -0.383 e. The molecule has 0 spiro atoms. The Hall–Kier alpha value is -1.11. The van der Waals surface area contributed by atoms with Crippen LogP contribution in [0.2, 0.25) is 0 Å². The van der Waals surface area contributed by atoms with Crippen LogP contribution in [0.5, 0.6) is 0 Å². The van der Waals surface area contributed by atoms with Crippen LogP contribution in [0.1, 0.15) is 44.4 Å². The molecule has 0 bridgehead atoms. The normalized spacial score (nSPS) is 18.8. The molecule has 1 unspecified atom stereocenters. The molecule has 1 aliphatic carbocycles. The van der Waals surface area contributed by atoms with Crippen LogP contribution < -0.4 is 10.6 Å². The number of rotatable bonds is 8. The number of nitrogens with zero attached hydrogens (tertiary/aromatic N) is 2. The summed E-state index contributed by atoms with van der Waals surface area (Å²) in [5.41, 5.74) is -0.919. The Labute approximate surface area is 150 Å². The Balaban J connectivity index is 1.81. The van der Waals surface area contributed by atoms with Crippen molar-refractivity contribution in [2.75, 3.05) is 33.2 Å². The molecule has 1 saturated carbocycles. The van der Waals surface area contributed by atoms with Crippen molar-refractivity contribution in [2.24, 2.45) is 4.99 Å². The van der Waals surface area contributed by atoms with Crippen molar-refractivity contribution in [3.8, 4) is 0 Å². The van der Waals surface area contributed by atoms with Crippen LogP contribution in [0.4, 0.5) is 0 Å². The summed E-state index contributed by atoms with van der Waals surface area (Å²) in [6.45, 7) is 6.90. The maximum absolute atomic E-state index is 10.6. The van der Waals surface area contributed by atoms with Gasteiger partial charge in [-0.2, -0.15) is 0 Å². The average Bonchev–Trinajstić information content (AvgIpc) is 3.25. The summed E-state index contributed by atoms with van der Waals surface area (Å²) in [5.74, 6) is 0.772. The topological polar surface area (TPSA) is 59.9 Å². The highest BCUT2D eigenvalue weighted by molar-refractivity contribution is 7.10. The van der Waals surface area contributed by atoms with Gasteiger partial charge in [-0.1, -0.05) is 18.9 Å². The molecule has 2 rings (SSSR count). The van der Waals surface area contributed by atoms with Gasteiger partial charge in [0, 0.05) is 30.6 Å². The maximum atomic E-state index is 10.6. The van der Waals surface area contributed by atoms with Crippen molar-refractivity contribution in [3.05, 3.63) is 22.4 Å². The number of hydrogen-bond acceptors (Lipinski definition) is 4. The molecule has 6 heteroatoms. The van der Waals surface area contributed by atoms with Crippen LogP contribution in [0.25, 0.3) is 0 Å². The quantitative estimate of drug-likeness (QED) is 0.497. The SMILES string of the molecule is CCNC(=NCC(C)(O)c1cccs1)NCCN(C)C1CCCC1. The zero-order chi connectivity index (χ0) is 17.4. The van der Waals surface area contributed by atoms with Crippen LogP contribution >= 0.6 is 11.3 Å². The lowest BCUT2D eigenvalue weighted by Crippen LogP contribution is -2.43. The fraction of sp³-hybridized carbons (Fsp3) is 0.722. The van der Waals surface area contributed by atoms with E-state index in [-0.39, 0.29) is 0 Å². The third-order valence-electron chi connectivity index (χ3n) is 4.65. The van der Waals surface area contributed by atoms with E-state index >= 15 is 0 Å². The van der Waals surface area contributed by atoms with Crippen molar-refractivity contribution < 1.29 is 5.11 Å². The average molecular weight is 353 g/mol. The second-order valence-corrected chi connectivity index (χ2v) is 7.74. The van der Waals surface area contributed by atoms with Crippen molar-refractivity contribution in [1.29, 1.82) is 0 Å². The molecular weight excluding hydrogens is 320 g/mol. The number of aliphatic imine (C=N–C) groups is 1. The van der Waals surface area contributed by atoms with Gasteiger partial charge in [-0.25, -0.2) is 4.99 Å². The molecular formula is C18H32N4OS. The minimum atomic E-state index is -0.919. The Kier molecular flexibility index (Phi) is 7.52. The van der Waals surface area contributed by atoms with Gasteiger partial charge in [0.1, 0.15) is 5.60 Å². The predicted octanol–water partition coefficient (Wildman–Crippen LogP) is 2.39. The van der Waals surface area contributed by atoms with Crippen molar-refractivity contribution in [3.63, 3.8) is 0 Å². The lowest BCUT2D eigenvalue weighted by Gasteiger charge is -2.25. The third-order valence-corrected chi connectivity index (χ3v) is 5.77. The van der Waals surface area contributed by atoms with Crippen molar-refractivity contribution in [2.45, 2.75) is 51.2 Å². The van der Waals surface area contributed by atoms with E-state index in [1.807, 2.05) is 24.4 Å². The second-order valence-electron chi connectivity index (χ2n) is 6.79. The number of guanidine groups is 1. The van der Waals surface area contributed by atoms with Crippen LogP contribution in [0.15, 0.2) is 22.5 Å². The van der Waals surface area contributed by atoms with Gasteiger partial charge in [0.15, 0.2) is 5.96 Å². The summed E-state index contributed by atoms with van der Waals surface area (Å²) in [5, 5.41) is 19.2. The van der Waals surface area contributed by atoms with Gasteiger partial charge in [0.05, 0.1) is 6.54 Å². The van der Waals surface area contributed by atoms with Gasteiger partial charge in [0.25, 0.3) is 0 Å². The Morgan fingerprint density at radius 3 is 2.79 bits per heavy atom. The van der Waals surface area contributed by atoms with Crippen LogP contribution in [-0.2, 0) is 5.60 Å². The van der Waals surface area contributed by atoms with Crippen molar-refractivity contribution in [1.82, 2.24) is 15.5 Å². The van der Waals surface area contributed by atoms with E-state index in [2.05, 4.69) is 34.5 Å². The Bertz CT molecular complexity index is 495. The molecule has 24 heavy (non-hydrogen) atoms. The molecule has 1 heterocycles. The summed E-state index contributed by atoms with van der Waals surface area (Å²) < 4.78 is 0. The van der Waals surface area contributed by atoms with Gasteiger partial charge in [0.2, 0.25) is 0 Å². The van der Waals surface area contributed by atoms with E-state index in [1.165, 1.54) is 25.7 Å². The zero-order valence-corrected chi connectivity index (χ0v) is 16.0. The molecule has 0 aliphatic heterocycles. The van der Waals surface area contributed by atoms with Gasteiger partial charge < -0.3 is 20.6 Å². The van der Waals surface area contributed by atoms with Gasteiger partial charge >= 0.3 is 0 Å². The summed E-state index contributed by atoms with van der Waals surface area (Å²) in [6, 6.07) is 4.66. The first-order valence-corrected chi connectivity index (χ1v) is 9.89. The van der Waals surface area contributed by atoms with Gasteiger partial charge in [-0.3, -0.25) is 0 Å². The van der Waals surface area contributed by atoms with E-state index < -0.39 is 5.60 Å². The standard InChI is InChI=1S/C18H32N4OS/c1-4-19-17(20-11-12-22(3)15-8-5-6-9-15)21-14-18(2,23)16-10-7-13-24-16/h7,10,13,15,23H,4-6,8-9,11-12,14H2,1-3H3,(H2,19,20,21). The Morgan fingerprint density at radius 1 is 1.42 bits per heavy atom. The van der Waals surface area contributed by atoms with Crippen molar-refractivity contribution >= 4 is 17.3 Å². The molecule has 0 saturated heterocycles. The minimum absolute atomic E-state index is 0.349. The first-order chi connectivity index (χ1) is 11.5. The van der Waals surface area contributed by atoms with Crippen LogP contribution in [0, 0.1) is 0 Å². The van der Waals surface area contributed by atoms with E-state index in [1.54, 1.807) is 11.3 Å². The summed E-state index contributed by atoms with van der Waals surface area (Å²) in [4.78, 5) is 7.97. The summed E-state index contributed by atoms with van der Waals surface area (Å²) in [6.07, 6.45) is 5.39. The summed E-state index contributed by atoms with van der Waals surface area (Å²) in [7, 11) is 2.21. The summed E-state index contributed by atoms with van der Waals surface area (Å²) >= 11 is 1.56. The number of hydrogen-bond donors (Lipinski definition) is 3. The molecule has 0 radical (unpaired) electrons. The number of nitrogens with one attached hydrogen (secondary N) is 2. The molecule has 1 aromatic heterocycles. The number of thiophene rings is 1. The Morgan fingerprint density at radius 2 is 2.17 bits per heavy atom. The van der Waals surface area contributed by atoms with E-state index in [0.29, 0.717) is 6.54 Å². The van der Waals surface area contributed by atoms with Crippen LogP contribution in [-0.4, -0.2) is 55.2 Å². The van der Waals surface area contributed by atoms with Crippen LogP contribution in [0.3, 0.4) is 0 Å². The third kappa shape index (κ3) is 5.76. The lowest BCUT2D eigenvalue weighted by molar-refractivity contribution is 0.0711. The first kappa shape index (κ1) is 19.2. The molecule has 0 amide bonds. The van der Waals surface area contributed by atoms with E-state index in [4.69, 9.17) is 0 Å². The lowest BCUT2D eigenvalue weighted by atomic mass is 10.1. The molecule has 1 atom stereocenters. The van der Waals surface area contributed by atoms with E-state index in [9.17, 15) is 5.11 Å². The fourth-order valence-corrected chi connectivity index (χ4v) is 3.90. The fourth-order valence-electron chi connectivity index (χ4n) is 3.12. The molecule has 5 nitrogen and oxygen atoms in total. The predicted molar refractivity (Wildman–Crippen MR) is 103 cm³/mol.